The minimum absolute atomic E-state index is 0.580. The van der Waals surface area contributed by atoms with Gasteiger partial charge in [-0.15, -0.1) is 0 Å². The zero-order chi connectivity index (χ0) is 14.1. The van der Waals surface area contributed by atoms with Crippen molar-refractivity contribution in [3.8, 4) is 0 Å². The molecule has 1 nitrogen and oxygen atoms in total. The molecule has 0 aliphatic heterocycles. The summed E-state index contributed by atoms with van der Waals surface area (Å²) in [5, 5.41) is 12.8. The first-order valence-corrected chi connectivity index (χ1v) is 7.36. The molecule has 1 N–H and O–H groups in total. The van der Waals surface area contributed by atoms with Crippen LogP contribution in [-0.4, -0.2) is 5.11 Å². The molecule has 0 saturated heterocycles. The molecule has 2 heteroatoms. The van der Waals surface area contributed by atoms with E-state index in [2.05, 4.69) is 28.1 Å². The second-order valence-corrected chi connectivity index (χ2v) is 5.98. The van der Waals surface area contributed by atoms with Gasteiger partial charge in [-0.2, -0.15) is 0 Å². The summed E-state index contributed by atoms with van der Waals surface area (Å²) in [6.45, 7) is 2.05. The average Bonchev–Trinajstić information content (AvgIpc) is 2.47. The molecule has 0 spiro atoms. The Morgan fingerprint density at radius 3 is 2.15 bits per heavy atom. The molecule has 3 rings (SSSR count). The highest BCUT2D eigenvalue weighted by atomic mass is 79.9. The summed E-state index contributed by atoms with van der Waals surface area (Å²) >= 11 is 3.47. The maximum atomic E-state index is 10.5. The fourth-order valence-corrected chi connectivity index (χ4v) is 2.73. The van der Waals surface area contributed by atoms with Crippen LogP contribution in [0.2, 0.25) is 0 Å². The molecule has 0 aromatic heterocycles. The Bertz CT molecular complexity index is 747. The molecule has 1 unspecified atom stereocenters. The third-order valence-electron chi connectivity index (χ3n) is 3.54. The van der Waals surface area contributed by atoms with Gasteiger partial charge in [0.15, 0.2) is 0 Å². The van der Waals surface area contributed by atoms with E-state index in [1.807, 2.05) is 55.5 Å². The van der Waals surface area contributed by atoms with Crippen molar-refractivity contribution in [2.75, 3.05) is 0 Å². The van der Waals surface area contributed by atoms with Crippen molar-refractivity contribution in [1.29, 1.82) is 0 Å². The van der Waals surface area contributed by atoms with Gasteiger partial charge >= 0.3 is 0 Å². The number of hydrogen-bond donors (Lipinski definition) is 1. The van der Waals surface area contributed by atoms with E-state index in [1.165, 1.54) is 10.9 Å². The smallest absolute Gasteiger partial charge is 0.104 e. The van der Waals surface area contributed by atoms with Crippen LogP contribution in [0.15, 0.2) is 65.1 Å². The lowest BCUT2D eigenvalue weighted by Gasteiger charge is -2.13. The number of rotatable bonds is 2. The van der Waals surface area contributed by atoms with E-state index < -0.39 is 6.10 Å². The summed E-state index contributed by atoms with van der Waals surface area (Å²) in [7, 11) is 0. The highest BCUT2D eigenvalue weighted by molar-refractivity contribution is 9.10. The van der Waals surface area contributed by atoms with Gasteiger partial charge in [-0.3, -0.25) is 0 Å². The lowest BCUT2D eigenvalue weighted by atomic mass is 9.98. The van der Waals surface area contributed by atoms with Crippen LogP contribution in [0.1, 0.15) is 22.8 Å². The Hall–Kier alpha value is -1.64. The van der Waals surface area contributed by atoms with Crippen LogP contribution >= 0.6 is 15.9 Å². The number of halogens is 1. The zero-order valence-electron chi connectivity index (χ0n) is 11.2. The van der Waals surface area contributed by atoms with E-state index >= 15 is 0 Å². The van der Waals surface area contributed by atoms with Gasteiger partial charge < -0.3 is 5.11 Å². The zero-order valence-corrected chi connectivity index (χ0v) is 12.8. The normalized spacial score (nSPS) is 12.6. The molecular weight excluding hydrogens is 312 g/mol. The molecule has 0 aliphatic carbocycles. The van der Waals surface area contributed by atoms with E-state index in [0.717, 1.165) is 21.0 Å². The number of aryl methyl sites for hydroxylation is 1. The molecule has 0 amide bonds. The second kappa shape index (κ2) is 5.39. The molecule has 0 saturated carbocycles. The predicted octanol–water partition coefficient (Wildman–Crippen LogP) is 4.99. The van der Waals surface area contributed by atoms with Crippen molar-refractivity contribution in [3.63, 3.8) is 0 Å². The van der Waals surface area contributed by atoms with Crippen molar-refractivity contribution >= 4 is 26.7 Å². The topological polar surface area (TPSA) is 20.2 Å². The van der Waals surface area contributed by atoms with E-state index in [1.54, 1.807) is 0 Å². The first-order chi connectivity index (χ1) is 9.63. The molecule has 0 fully saturated rings. The summed E-state index contributed by atoms with van der Waals surface area (Å²) in [6, 6.07) is 20.2. The third kappa shape index (κ3) is 2.62. The lowest BCUT2D eigenvalue weighted by molar-refractivity contribution is 0.220. The Morgan fingerprint density at radius 1 is 0.800 bits per heavy atom. The van der Waals surface area contributed by atoms with Crippen molar-refractivity contribution in [2.45, 2.75) is 13.0 Å². The van der Waals surface area contributed by atoms with Crippen molar-refractivity contribution in [1.82, 2.24) is 0 Å². The van der Waals surface area contributed by atoms with Gasteiger partial charge in [-0.25, -0.2) is 0 Å². The Kier molecular flexibility index (Phi) is 3.60. The Balaban J connectivity index is 2.01. The largest absolute Gasteiger partial charge is 0.384 e. The van der Waals surface area contributed by atoms with Gasteiger partial charge in [0.05, 0.1) is 0 Å². The summed E-state index contributed by atoms with van der Waals surface area (Å²) in [6.07, 6.45) is -0.580. The Morgan fingerprint density at radius 2 is 1.40 bits per heavy atom. The van der Waals surface area contributed by atoms with Crippen molar-refractivity contribution in [3.05, 3.63) is 81.8 Å². The van der Waals surface area contributed by atoms with Crippen molar-refractivity contribution < 1.29 is 5.11 Å². The van der Waals surface area contributed by atoms with Gasteiger partial charge in [0.1, 0.15) is 6.10 Å². The van der Waals surface area contributed by atoms with E-state index in [9.17, 15) is 5.11 Å². The fraction of sp³-hybridized carbons (Fsp3) is 0.111. The highest BCUT2D eigenvalue weighted by Crippen LogP contribution is 2.27. The predicted molar refractivity (Wildman–Crippen MR) is 86.9 cm³/mol. The first kappa shape index (κ1) is 13.3. The van der Waals surface area contributed by atoms with E-state index in [0.29, 0.717) is 0 Å². The third-order valence-corrected chi connectivity index (χ3v) is 4.03. The molecule has 0 heterocycles. The first-order valence-electron chi connectivity index (χ1n) is 6.57. The lowest BCUT2D eigenvalue weighted by Crippen LogP contribution is -1.99. The second-order valence-electron chi connectivity index (χ2n) is 5.06. The van der Waals surface area contributed by atoms with Crippen molar-refractivity contribution in [2.24, 2.45) is 0 Å². The van der Waals surface area contributed by atoms with Crippen LogP contribution in [0, 0.1) is 6.92 Å². The van der Waals surface area contributed by atoms with Gasteiger partial charge in [-0.05, 0) is 47.0 Å². The van der Waals surface area contributed by atoms with Crippen LogP contribution in [-0.2, 0) is 0 Å². The van der Waals surface area contributed by atoms with E-state index in [4.69, 9.17) is 0 Å². The quantitative estimate of drug-likeness (QED) is 0.703. The van der Waals surface area contributed by atoms with E-state index in [-0.39, 0.29) is 0 Å². The minimum Gasteiger partial charge on any atom is -0.384 e. The Labute approximate surface area is 127 Å². The summed E-state index contributed by atoms with van der Waals surface area (Å²) in [4.78, 5) is 0. The van der Waals surface area contributed by atoms with Gasteiger partial charge in [0.2, 0.25) is 0 Å². The molecular formula is C18H15BrO. The molecule has 1 atom stereocenters. The number of hydrogen-bond acceptors (Lipinski definition) is 1. The molecule has 0 aliphatic rings. The van der Waals surface area contributed by atoms with Gasteiger partial charge in [-0.1, -0.05) is 64.0 Å². The summed E-state index contributed by atoms with van der Waals surface area (Å²) < 4.78 is 1.07. The number of benzene rings is 3. The number of aliphatic hydroxyl groups excluding tert-OH is 1. The maximum absolute atomic E-state index is 10.5. The van der Waals surface area contributed by atoms with Gasteiger partial charge in [0, 0.05) is 4.47 Å². The molecule has 20 heavy (non-hydrogen) atoms. The standard InChI is InChI=1S/C18H15BrO/c1-12-2-4-13(5-3-12)18(20)16-7-6-15-11-17(19)9-8-14(15)10-16/h2-11,18,20H,1H3. The van der Waals surface area contributed by atoms with Crippen LogP contribution in [0.25, 0.3) is 10.8 Å². The number of fused-ring (bicyclic) bond motifs is 1. The van der Waals surface area contributed by atoms with Crippen LogP contribution in [0.4, 0.5) is 0 Å². The molecule has 100 valence electrons. The summed E-state index contributed by atoms with van der Waals surface area (Å²) in [5.74, 6) is 0. The maximum Gasteiger partial charge on any atom is 0.104 e. The van der Waals surface area contributed by atoms with Crippen LogP contribution < -0.4 is 0 Å². The molecule has 0 bridgehead atoms. The summed E-state index contributed by atoms with van der Waals surface area (Å²) in [5.41, 5.74) is 3.04. The van der Waals surface area contributed by atoms with Crippen LogP contribution in [0.5, 0.6) is 0 Å². The SMILES string of the molecule is Cc1ccc(C(O)c2ccc3cc(Br)ccc3c2)cc1. The number of aliphatic hydroxyl groups is 1. The minimum atomic E-state index is -0.580. The van der Waals surface area contributed by atoms with Crippen LogP contribution in [0.3, 0.4) is 0 Å². The monoisotopic (exact) mass is 326 g/mol. The fourth-order valence-electron chi connectivity index (χ4n) is 2.35. The highest BCUT2D eigenvalue weighted by Gasteiger charge is 2.10. The molecule has 0 radical (unpaired) electrons. The van der Waals surface area contributed by atoms with Gasteiger partial charge in [0.25, 0.3) is 0 Å². The average molecular weight is 327 g/mol. The molecule has 3 aromatic rings. The molecule has 3 aromatic carbocycles.